The largest absolute Gasteiger partial charge is 0.483 e. The number of nitrogens with one attached hydrogen (secondary N) is 1. The molecule has 3 rings (SSSR count). The van der Waals surface area contributed by atoms with Crippen LogP contribution in [0.3, 0.4) is 0 Å². The number of fused-ring (bicyclic) bond motifs is 1. The van der Waals surface area contributed by atoms with E-state index in [1.54, 1.807) is 13.1 Å². The van der Waals surface area contributed by atoms with Crippen LogP contribution in [0.15, 0.2) is 17.3 Å². The minimum Gasteiger partial charge on any atom is -0.483 e. The first kappa shape index (κ1) is 17.8. The number of amides is 2. The lowest BCUT2D eigenvalue weighted by Crippen LogP contribution is -2.37. The number of benzene rings is 1. The van der Waals surface area contributed by atoms with Crippen molar-refractivity contribution in [2.24, 2.45) is 5.16 Å². The van der Waals surface area contributed by atoms with Crippen molar-refractivity contribution in [2.45, 2.75) is 13.0 Å². The summed E-state index contributed by atoms with van der Waals surface area (Å²) in [6, 6.07) is 2.80. The van der Waals surface area contributed by atoms with E-state index in [1.165, 1.54) is 29.9 Å². The van der Waals surface area contributed by atoms with Crippen molar-refractivity contribution in [3.63, 3.8) is 0 Å². The molecule has 9 nitrogen and oxygen atoms in total. The average molecular weight is 366 g/mol. The number of amidine groups is 1. The summed E-state index contributed by atoms with van der Waals surface area (Å²) in [6.07, 6.45) is -1.11. The first-order valence-electron chi connectivity index (χ1n) is 7.93. The zero-order valence-corrected chi connectivity index (χ0v) is 14.6. The molecular weight excluding hydrogens is 347 g/mol. The van der Waals surface area contributed by atoms with Crippen LogP contribution in [0.2, 0.25) is 0 Å². The van der Waals surface area contributed by atoms with E-state index in [0.717, 1.165) is 0 Å². The maximum absolute atomic E-state index is 14.7. The fourth-order valence-corrected chi connectivity index (χ4v) is 2.81. The van der Waals surface area contributed by atoms with Gasteiger partial charge in [0.2, 0.25) is 5.91 Å². The molecule has 2 aliphatic rings. The summed E-state index contributed by atoms with van der Waals surface area (Å²) in [4.78, 5) is 30.6. The van der Waals surface area contributed by atoms with Crippen LogP contribution in [0.1, 0.15) is 6.92 Å². The van der Waals surface area contributed by atoms with Crippen molar-refractivity contribution in [3.8, 4) is 5.75 Å². The lowest BCUT2D eigenvalue weighted by atomic mass is 10.2. The summed E-state index contributed by atoms with van der Waals surface area (Å²) in [5.74, 6) is -0.0795. The minimum absolute atomic E-state index is 0.107. The number of likely N-dealkylation sites (N-methyl/N-ethyl adjacent to an activating group) is 1. The molecule has 0 spiro atoms. The quantitative estimate of drug-likeness (QED) is 0.802. The van der Waals surface area contributed by atoms with Gasteiger partial charge in [-0.2, -0.15) is 0 Å². The van der Waals surface area contributed by atoms with Gasteiger partial charge in [0.15, 0.2) is 11.7 Å². The molecule has 1 N–H and O–H groups in total. The standard InChI is InChI=1S/C16H19FN4O5/c1-9(22)18-6-11-7-21(16(23)26-11)10-4-12(17)15-13(5-10)25-8-14(19-24-3)20(15)2/h4-5,11H,6-8H2,1-3H3,(H,18,22). The number of cyclic esters (lactones) is 1. The number of anilines is 2. The van der Waals surface area contributed by atoms with Gasteiger partial charge in [0.25, 0.3) is 0 Å². The van der Waals surface area contributed by atoms with Crippen LogP contribution in [-0.2, 0) is 14.4 Å². The van der Waals surface area contributed by atoms with Crippen molar-refractivity contribution >= 4 is 29.2 Å². The Morgan fingerprint density at radius 2 is 2.27 bits per heavy atom. The molecular formula is C16H19FN4O5. The Morgan fingerprint density at radius 3 is 2.96 bits per heavy atom. The number of rotatable bonds is 4. The molecule has 1 fully saturated rings. The van der Waals surface area contributed by atoms with Crippen molar-refractivity contribution in [1.82, 2.24) is 5.32 Å². The normalized spacial score (nSPS) is 20.5. The van der Waals surface area contributed by atoms with E-state index in [9.17, 15) is 14.0 Å². The predicted molar refractivity (Wildman–Crippen MR) is 91.0 cm³/mol. The number of nitrogens with zero attached hydrogens (tertiary/aromatic N) is 3. The maximum atomic E-state index is 14.7. The van der Waals surface area contributed by atoms with E-state index in [0.29, 0.717) is 11.5 Å². The lowest BCUT2D eigenvalue weighted by molar-refractivity contribution is -0.119. The summed E-state index contributed by atoms with van der Waals surface area (Å²) in [5.41, 5.74) is 0.523. The Bertz CT molecular complexity index is 769. The molecule has 1 unspecified atom stereocenters. The van der Waals surface area contributed by atoms with E-state index in [2.05, 4.69) is 10.5 Å². The van der Waals surface area contributed by atoms with E-state index in [-0.39, 0.29) is 37.0 Å². The molecule has 1 aromatic rings. The zero-order chi connectivity index (χ0) is 18.8. The maximum Gasteiger partial charge on any atom is 0.414 e. The molecule has 0 aliphatic carbocycles. The van der Waals surface area contributed by atoms with Crippen LogP contribution in [-0.4, -0.2) is 57.8 Å². The molecule has 2 heterocycles. The molecule has 26 heavy (non-hydrogen) atoms. The second-order valence-corrected chi connectivity index (χ2v) is 5.87. The van der Waals surface area contributed by atoms with E-state index in [1.807, 2.05) is 0 Å². The lowest BCUT2D eigenvalue weighted by Gasteiger charge is -2.29. The van der Waals surface area contributed by atoms with Crippen LogP contribution in [0.4, 0.5) is 20.6 Å². The molecule has 2 amide bonds. The fourth-order valence-electron chi connectivity index (χ4n) is 2.81. The smallest absolute Gasteiger partial charge is 0.414 e. The molecule has 140 valence electrons. The van der Waals surface area contributed by atoms with Gasteiger partial charge in [0, 0.05) is 26.1 Å². The molecule has 2 aliphatic heterocycles. The summed E-state index contributed by atoms with van der Waals surface area (Å²) in [6.45, 7) is 1.88. The summed E-state index contributed by atoms with van der Waals surface area (Å²) in [7, 11) is 3.04. The summed E-state index contributed by atoms with van der Waals surface area (Å²) < 4.78 is 25.4. The number of carbonyl (C=O) groups excluding carboxylic acids is 2. The minimum atomic E-state index is -0.606. The number of hydrogen-bond acceptors (Lipinski definition) is 6. The van der Waals surface area contributed by atoms with Crippen LogP contribution in [0.5, 0.6) is 5.75 Å². The molecule has 0 radical (unpaired) electrons. The highest BCUT2D eigenvalue weighted by molar-refractivity contribution is 6.02. The molecule has 0 bridgehead atoms. The van der Waals surface area contributed by atoms with Crippen molar-refractivity contribution in [2.75, 3.05) is 43.7 Å². The Kier molecular flexibility index (Phi) is 4.83. The first-order valence-corrected chi connectivity index (χ1v) is 7.93. The van der Waals surface area contributed by atoms with Gasteiger partial charge >= 0.3 is 6.09 Å². The van der Waals surface area contributed by atoms with Gasteiger partial charge in [-0.1, -0.05) is 5.16 Å². The third-order valence-electron chi connectivity index (χ3n) is 4.05. The van der Waals surface area contributed by atoms with Gasteiger partial charge < -0.3 is 24.5 Å². The van der Waals surface area contributed by atoms with Crippen LogP contribution in [0.25, 0.3) is 0 Å². The number of hydrogen-bond donors (Lipinski definition) is 1. The Hall–Kier alpha value is -3.04. The molecule has 1 saturated heterocycles. The molecule has 1 aromatic carbocycles. The SMILES string of the molecule is CON=C1COc2cc(N3CC(CNC(C)=O)OC3=O)cc(F)c2N1C. The van der Waals surface area contributed by atoms with Crippen molar-refractivity contribution < 1.29 is 28.3 Å². The highest BCUT2D eigenvalue weighted by atomic mass is 19.1. The topological polar surface area (TPSA) is 92.7 Å². The van der Waals surface area contributed by atoms with Gasteiger partial charge in [0.1, 0.15) is 31.3 Å². The van der Waals surface area contributed by atoms with Gasteiger partial charge in [-0.15, -0.1) is 0 Å². The monoisotopic (exact) mass is 366 g/mol. The Morgan fingerprint density at radius 1 is 1.50 bits per heavy atom. The van der Waals surface area contributed by atoms with E-state index >= 15 is 0 Å². The second-order valence-electron chi connectivity index (χ2n) is 5.87. The number of oxime groups is 1. The highest BCUT2D eigenvalue weighted by Gasteiger charge is 2.34. The molecule has 0 aromatic heterocycles. The van der Waals surface area contributed by atoms with E-state index < -0.39 is 18.0 Å². The Balaban J connectivity index is 1.83. The van der Waals surface area contributed by atoms with Gasteiger partial charge in [-0.05, 0) is 0 Å². The first-order chi connectivity index (χ1) is 12.4. The van der Waals surface area contributed by atoms with Crippen molar-refractivity contribution in [1.29, 1.82) is 0 Å². The second kappa shape index (κ2) is 7.06. The fraction of sp³-hybridized carbons (Fsp3) is 0.438. The average Bonchev–Trinajstić information content (AvgIpc) is 2.96. The van der Waals surface area contributed by atoms with Gasteiger partial charge in [-0.25, -0.2) is 9.18 Å². The summed E-state index contributed by atoms with van der Waals surface area (Å²) in [5, 5.41) is 6.38. The molecule has 10 heteroatoms. The van der Waals surface area contributed by atoms with Crippen molar-refractivity contribution in [3.05, 3.63) is 17.9 Å². The summed E-state index contributed by atoms with van der Waals surface area (Å²) >= 11 is 0. The third-order valence-corrected chi connectivity index (χ3v) is 4.05. The number of ether oxygens (including phenoxy) is 2. The van der Waals surface area contributed by atoms with Crippen LogP contribution in [0, 0.1) is 5.82 Å². The highest BCUT2D eigenvalue weighted by Crippen LogP contribution is 2.38. The van der Waals surface area contributed by atoms with E-state index in [4.69, 9.17) is 14.3 Å². The molecule has 1 atom stereocenters. The van der Waals surface area contributed by atoms with Gasteiger partial charge in [-0.3, -0.25) is 9.69 Å². The Labute approximate surface area is 149 Å². The van der Waals surface area contributed by atoms with Crippen LogP contribution < -0.4 is 19.9 Å². The molecule has 0 saturated carbocycles. The van der Waals surface area contributed by atoms with Crippen LogP contribution >= 0.6 is 0 Å². The van der Waals surface area contributed by atoms with Gasteiger partial charge in [0.05, 0.1) is 18.8 Å². The third kappa shape index (κ3) is 3.35. The number of halogens is 1. The zero-order valence-electron chi connectivity index (χ0n) is 14.6. The predicted octanol–water partition coefficient (Wildman–Crippen LogP) is 1.08. The number of carbonyl (C=O) groups is 2.